The van der Waals surface area contributed by atoms with Crippen molar-refractivity contribution in [1.29, 1.82) is 0 Å². The van der Waals surface area contributed by atoms with Crippen LogP contribution in [0.3, 0.4) is 0 Å². The molecule has 0 aliphatic heterocycles. The zero-order valence-corrected chi connectivity index (χ0v) is 8.94. The van der Waals surface area contributed by atoms with Gasteiger partial charge >= 0.3 is 0 Å². The molecular formula is C10H16ClN. The van der Waals surface area contributed by atoms with E-state index in [1.807, 2.05) is 26.8 Å². The molecule has 0 saturated carbocycles. The molecule has 0 N–H and O–H groups in total. The first-order valence-electron chi connectivity index (χ1n) is 4.35. The smallest absolute Gasteiger partial charge is 0.0621 e. The van der Waals surface area contributed by atoms with E-state index in [0.717, 1.165) is 17.1 Å². The minimum atomic E-state index is 0.771. The van der Waals surface area contributed by atoms with E-state index in [0.29, 0.717) is 0 Å². The summed E-state index contributed by atoms with van der Waals surface area (Å²) >= 11 is 5.83. The Labute approximate surface area is 79.8 Å². The Morgan fingerprint density at radius 1 is 1.42 bits per heavy atom. The molecule has 68 valence electrons. The lowest BCUT2D eigenvalue weighted by atomic mass is 10.2. The van der Waals surface area contributed by atoms with Crippen molar-refractivity contribution in [3.8, 4) is 0 Å². The highest BCUT2D eigenvalue weighted by Crippen LogP contribution is 2.14. The van der Waals surface area contributed by atoms with Crippen molar-refractivity contribution in [2.45, 2.75) is 34.1 Å². The van der Waals surface area contributed by atoms with Crippen molar-refractivity contribution in [1.82, 2.24) is 4.98 Å². The van der Waals surface area contributed by atoms with E-state index in [9.17, 15) is 0 Å². The Hall–Kier alpha value is -0.560. The third kappa shape index (κ3) is 3.22. The Kier molecular flexibility index (Phi) is 5.73. The largest absolute Gasteiger partial charge is 0.260 e. The summed E-state index contributed by atoms with van der Waals surface area (Å²) in [4.78, 5) is 4.06. The highest BCUT2D eigenvalue weighted by Gasteiger charge is 1.96. The molecule has 2 heteroatoms. The Balaban J connectivity index is 0.000000561. The van der Waals surface area contributed by atoms with Gasteiger partial charge in [0.15, 0.2) is 0 Å². The average Bonchev–Trinajstić information content (AvgIpc) is 2.13. The lowest BCUT2D eigenvalue weighted by Crippen LogP contribution is -1.86. The quantitative estimate of drug-likeness (QED) is 0.651. The van der Waals surface area contributed by atoms with Crippen LogP contribution < -0.4 is 0 Å². The average molecular weight is 186 g/mol. The second-order valence-electron chi connectivity index (χ2n) is 2.27. The summed E-state index contributed by atoms with van der Waals surface area (Å²) < 4.78 is 0. The van der Waals surface area contributed by atoms with E-state index < -0.39 is 0 Å². The first-order chi connectivity index (χ1) is 5.74. The van der Waals surface area contributed by atoms with Gasteiger partial charge in [0.05, 0.1) is 5.02 Å². The van der Waals surface area contributed by atoms with Gasteiger partial charge in [-0.3, -0.25) is 4.98 Å². The van der Waals surface area contributed by atoms with Crippen LogP contribution in [-0.4, -0.2) is 4.98 Å². The van der Waals surface area contributed by atoms with Gasteiger partial charge in [-0.05, 0) is 25.0 Å². The molecule has 0 saturated heterocycles. The van der Waals surface area contributed by atoms with Gasteiger partial charge in [0.2, 0.25) is 0 Å². The monoisotopic (exact) mass is 185 g/mol. The minimum absolute atomic E-state index is 0.771. The van der Waals surface area contributed by atoms with Crippen LogP contribution in [0.15, 0.2) is 12.3 Å². The third-order valence-corrected chi connectivity index (χ3v) is 1.79. The third-order valence-electron chi connectivity index (χ3n) is 1.45. The summed E-state index contributed by atoms with van der Waals surface area (Å²) in [5.74, 6) is 0. The number of pyridine rings is 1. The number of aryl methyl sites for hydroxylation is 2. The predicted octanol–water partition coefficient (Wildman–Crippen LogP) is 3.63. The van der Waals surface area contributed by atoms with Gasteiger partial charge < -0.3 is 0 Å². The maximum atomic E-state index is 5.83. The lowest BCUT2D eigenvalue weighted by molar-refractivity contribution is 1.09. The molecule has 0 atom stereocenters. The summed E-state index contributed by atoms with van der Waals surface area (Å²) in [5, 5.41) is 0.771. The molecule has 0 aliphatic rings. The summed E-state index contributed by atoms with van der Waals surface area (Å²) in [6, 6.07) is 2.02. The van der Waals surface area contributed by atoms with E-state index in [1.54, 1.807) is 6.20 Å². The summed E-state index contributed by atoms with van der Waals surface area (Å²) in [7, 11) is 0. The van der Waals surface area contributed by atoms with Crippen LogP contribution >= 0.6 is 11.6 Å². The molecule has 1 aromatic rings. The molecule has 1 heterocycles. The zero-order chi connectivity index (χ0) is 9.56. The zero-order valence-electron chi connectivity index (χ0n) is 8.19. The van der Waals surface area contributed by atoms with Gasteiger partial charge in [-0.2, -0.15) is 0 Å². The number of halogens is 1. The van der Waals surface area contributed by atoms with Crippen LogP contribution in [-0.2, 0) is 6.42 Å². The van der Waals surface area contributed by atoms with Gasteiger partial charge in [0.25, 0.3) is 0 Å². The van der Waals surface area contributed by atoms with Crippen LogP contribution in [0.1, 0.15) is 32.0 Å². The molecule has 1 rings (SSSR count). The Morgan fingerprint density at radius 2 is 2.00 bits per heavy atom. The molecule has 1 aromatic heterocycles. The highest BCUT2D eigenvalue weighted by molar-refractivity contribution is 6.31. The van der Waals surface area contributed by atoms with Crippen molar-refractivity contribution >= 4 is 11.6 Å². The summed E-state index contributed by atoms with van der Waals surface area (Å²) in [5.41, 5.74) is 2.20. The standard InChI is InChI=1S/C8H10ClN.C2H6/c1-3-7-4-6(2)10-5-8(7)9;1-2/h4-5H,3H2,1-2H3;1-2H3. The van der Waals surface area contributed by atoms with E-state index in [-0.39, 0.29) is 0 Å². The molecule has 0 amide bonds. The molecule has 0 aliphatic carbocycles. The van der Waals surface area contributed by atoms with Crippen LogP contribution in [0.4, 0.5) is 0 Å². The molecular weight excluding hydrogens is 170 g/mol. The molecule has 0 radical (unpaired) electrons. The van der Waals surface area contributed by atoms with E-state index in [2.05, 4.69) is 11.9 Å². The normalized spacial score (nSPS) is 8.75. The van der Waals surface area contributed by atoms with Gasteiger partial charge in [0, 0.05) is 11.9 Å². The van der Waals surface area contributed by atoms with Crippen molar-refractivity contribution < 1.29 is 0 Å². The molecule has 12 heavy (non-hydrogen) atoms. The minimum Gasteiger partial charge on any atom is -0.260 e. The van der Waals surface area contributed by atoms with Crippen molar-refractivity contribution in [3.63, 3.8) is 0 Å². The number of rotatable bonds is 1. The molecule has 0 unspecified atom stereocenters. The first-order valence-corrected chi connectivity index (χ1v) is 4.73. The fourth-order valence-corrected chi connectivity index (χ4v) is 1.11. The number of aromatic nitrogens is 1. The summed E-state index contributed by atoms with van der Waals surface area (Å²) in [6.07, 6.45) is 2.68. The second-order valence-corrected chi connectivity index (χ2v) is 2.68. The topological polar surface area (TPSA) is 12.9 Å². The Morgan fingerprint density at radius 3 is 2.42 bits per heavy atom. The second kappa shape index (κ2) is 6.01. The first kappa shape index (κ1) is 11.4. The fourth-order valence-electron chi connectivity index (χ4n) is 0.871. The highest BCUT2D eigenvalue weighted by atomic mass is 35.5. The van der Waals surface area contributed by atoms with E-state index >= 15 is 0 Å². The lowest BCUT2D eigenvalue weighted by Gasteiger charge is -1.99. The van der Waals surface area contributed by atoms with Crippen molar-refractivity contribution in [2.75, 3.05) is 0 Å². The van der Waals surface area contributed by atoms with Crippen LogP contribution in [0.2, 0.25) is 5.02 Å². The number of hydrogen-bond acceptors (Lipinski definition) is 1. The SMILES string of the molecule is CC.CCc1cc(C)ncc1Cl. The fraction of sp³-hybridized carbons (Fsp3) is 0.500. The van der Waals surface area contributed by atoms with E-state index in [4.69, 9.17) is 11.6 Å². The van der Waals surface area contributed by atoms with Crippen LogP contribution in [0, 0.1) is 6.92 Å². The van der Waals surface area contributed by atoms with Crippen molar-refractivity contribution in [3.05, 3.63) is 28.5 Å². The predicted molar refractivity (Wildman–Crippen MR) is 54.7 cm³/mol. The molecule has 0 bridgehead atoms. The van der Waals surface area contributed by atoms with Crippen molar-refractivity contribution in [2.24, 2.45) is 0 Å². The number of hydrogen-bond donors (Lipinski definition) is 0. The molecule has 0 spiro atoms. The molecule has 1 nitrogen and oxygen atoms in total. The number of nitrogens with zero attached hydrogens (tertiary/aromatic N) is 1. The van der Waals surface area contributed by atoms with E-state index in [1.165, 1.54) is 5.56 Å². The van der Waals surface area contributed by atoms with Crippen LogP contribution in [0.5, 0.6) is 0 Å². The Bertz CT molecular complexity index is 233. The molecule has 0 fully saturated rings. The van der Waals surface area contributed by atoms with Gasteiger partial charge in [-0.15, -0.1) is 0 Å². The molecule has 0 aromatic carbocycles. The maximum Gasteiger partial charge on any atom is 0.0621 e. The van der Waals surface area contributed by atoms with Gasteiger partial charge in [-0.1, -0.05) is 32.4 Å². The summed E-state index contributed by atoms with van der Waals surface area (Å²) in [6.45, 7) is 8.05. The van der Waals surface area contributed by atoms with Crippen LogP contribution in [0.25, 0.3) is 0 Å². The van der Waals surface area contributed by atoms with Gasteiger partial charge in [0.1, 0.15) is 0 Å². The maximum absolute atomic E-state index is 5.83. The van der Waals surface area contributed by atoms with Gasteiger partial charge in [-0.25, -0.2) is 0 Å².